The first-order valence-electron chi connectivity index (χ1n) is 6.64. The van der Waals surface area contributed by atoms with Gasteiger partial charge in [-0.3, -0.25) is 0 Å². The zero-order valence-corrected chi connectivity index (χ0v) is 10.9. The van der Waals surface area contributed by atoms with Crippen molar-refractivity contribution in [1.29, 1.82) is 0 Å². The highest BCUT2D eigenvalue weighted by molar-refractivity contribution is 5.82. The Morgan fingerprint density at radius 2 is 2.11 bits per heavy atom. The summed E-state index contributed by atoms with van der Waals surface area (Å²) in [5.41, 5.74) is 5.28. The van der Waals surface area contributed by atoms with Crippen molar-refractivity contribution in [2.75, 3.05) is 18.5 Å². The highest BCUT2D eigenvalue weighted by atomic mass is 15.1. The van der Waals surface area contributed by atoms with Gasteiger partial charge in [0.1, 0.15) is 0 Å². The van der Waals surface area contributed by atoms with Crippen molar-refractivity contribution < 1.29 is 0 Å². The van der Waals surface area contributed by atoms with E-state index in [0.29, 0.717) is 0 Å². The van der Waals surface area contributed by atoms with Crippen LogP contribution in [0.1, 0.15) is 5.56 Å². The Labute approximate surface area is 112 Å². The van der Waals surface area contributed by atoms with Crippen LogP contribution in [0.25, 0.3) is 16.6 Å². The van der Waals surface area contributed by atoms with Crippen LogP contribution >= 0.6 is 0 Å². The predicted octanol–water partition coefficient (Wildman–Crippen LogP) is 3.42. The van der Waals surface area contributed by atoms with E-state index in [1.807, 2.05) is 12.1 Å². The van der Waals surface area contributed by atoms with Gasteiger partial charge >= 0.3 is 0 Å². The fourth-order valence-corrected chi connectivity index (χ4v) is 2.93. The fraction of sp³-hybridized carbons (Fsp3) is 0.176. The molecular weight excluding hydrogens is 232 g/mol. The predicted molar refractivity (Wildman–Crippen MR) is 79.1 cm³/mol. The van der Waals surface area contributed by atoms with E-state index in [1.54, 1.807) is 0 Å². The van der Waals surface area contributed by atoms with E-state index in [4.69, 9.17) is 0 Å². The van der Waals surface area contributed by atoms with E-state index >= 15 is 0 Å². The van der Waals surface area contributed by atoms with Gasteiger partial charge in [-0.05, 0) is 48.4 Å². The van der Waals surface area contributed by atoms with Crippen LogP contribution < -0.4 is 4.90 Å². The van der Waals surface area contributed by atoms with Gasteiger partial charge in [0.15, 0.2) is 0 Å². The molecule has 0 amide bonds. The fourth-order valence-electron chi connectivity index (χ4n) is 2.93. The van der Waals surface area contributed by atoms with E-state index < -0.39 is 0 Å². The molecule has 0 saturated heterocycles. The molecule has 0 fully saturated rings. The second kappa shape index (κ2) is 3.89. The van der Waals surface area contributed by atoms with Gasteiger partial charge < -0.3 is 9.47 Å². The molecule has 19 heavy (non-hydrogen) atoms. The zero-order valence-electron chi connectivity index (χ0n) is 10.9. The molecule has 0 bridgehead atoms. The van der Waals surface area contributed by atoms with Crippen molar-refractivity contribution in [3.8, 4) is 5.69 Å². The van der Waals surface area contributed by atoms with E-state index in [0.717, 1.165) is 13.0 Å². The van der Waals surface area contributed by atoms with Crippen molar-refractivity contribution in [2.24, 2.45) is 0 Å². The Hall–Kier alpha value is -2.22. The summed E-state index contributed by atoms with van der Waals surface area (Å²) in [5.74, 6) is 0. The lowest BCUT2D eigenvalue weighted by atomic mass is 10.1. The van der Waals surface area contributed by atoms with Crippen LogP contribution in [-0.4, -0.2) is 18.2 Å². The minimum absolute atomic E-state index is 1.13. The number of likely N-dealkylation sites (N-methyl/N-ethyl adjacent to an activating group) is 1. The molecule has 0 unspecified atom stereocenters. The van der Waals surface area contributed by atoms with Gasteiger partial charge in [-0.2, -0.15) is 0 Å². The average molecular weight is 247 g/mol. The van der Waals surface area contributed by atoms with E-state index in [2.05, 4.69) is 59.1 Å². The SMILES string of the molecule is CN1CCc2ccc(-n3ccc4c[c]ccc43)cc21. The molecule has 0 saturated carbocycles. The summed E-state index contributed by atoms with van der Waals surface area (Å²) in [4.78, 5) is 2.33. The van der Waals surface area contributed by atoms with Crippen LogP contribution in [0, 0.1) is 6.07 Å². The number of nitrogens with zero attached hydrogens (tertiary/aromatic N) is 2. The van der Waals surface area contributed by atoms with Gasteiger partial charge in [-0.25, -0.2) is 0 Å². The zero-order chi connectivity index (χ0) is 12.8. The Morgan fingerprint density at radius 3 is 3.05 bits per heavy atom. The summed E-state index contributed by atoms with van der Waals surface area (Å²) in [6.07, 6.45) is 3.29. The van der Waals surface area contributed by atoms with Gasteiger partial charge in [0, 0.05) is 36.6 Å². The summed E-state index contributed by atoms with van der Waals surface area (Å²) < 4.78 is 2.25. The van der Waals surface area contributed by atoms with E-state index in [-0.39, 0.29) is 0 Å². The molecule has 0 atom stereocenters. The van der Waals surface area contributed by atoms with Gasteiger partial charge in [-0.15, -0.1) is 0 Å². The van der Waals surface area contributed by atoms with Crippen molar-refractivity contribution in [3.05, 3.63) is 60.3 Å². The van der Waals surface area contributed by atoms with Crippen LogP contribution in [0.15, 0.2) is 48.7 Å². The molecule has 0 aliphatic carbocycles. The van der Waals surface area contributed by atoms with Crippen LogP contribution in [0.3, 0.4) is 0 Å². The summed E-state index contributed by atoms with van der Waals surface area (Å²) in [7, 11) is 2.17. The number of hydrogen-bond acceptors (Lipinski definition) is 1. The highest BCUT2D eigenvalue weighted by Gasteiger charge is 2.16. The molecule has 2 heterocycles. The molecule has 0 spiro atoms. The molecule has 1 aliphatic heterocycles. The lowest BCUT2D eigenvalue weighted by Gasteiger charge is -2.14. The monoisotopic (exact) mass is 247 g/mol. The smallest absolute Gasteiger partial charge is 0.0528 e. The second-order valence-electron chi connectivity index (χ2n) is 5.16. The maximum Gasteiger partial charge on any atom is 0.0528 e. The molecule has 2 aromatic carbocycles. The Balaban J connectivity index is 1.91. The van der Waals surface area contributed by atoms with Gasteiger partial charge in [0.2, 0.25) is 0 Å². The molecule has 0 N–H and O–H groups in total. The first-order valence-corrected chi connectivity index (χ1v) is 6.64. The van der Waals surface area contributed by atoms with Gasteiger partial charge in [0.25, 0.3) is 0 Å². The molecule has 1 radical (unpaired) electrons. The molecule has 2 nitrogen and oxygen atoms in total. The largest absolute Gasteiger partial charge is 0.374 e. The normalized spacial score (nSPS) is 14.1. The first kappa shape index (κ1) is 10.7. The third-order valence-corrected chi connectivity index (χ3v) is 4.01. The van der Waals surface area contributed by atoms with E-state index in [9.17, 15) is 0 Å². The minimum Gasteiger partial charge on any atom is -0.374 e. The number of rotatable bonds is 1. The quantitative estimate of drug-likeness (QED) is 0.639. The van der Waals surface area contributed by atoms with Crippen molar-refractivity contribution in [1.82, 2.24) is 4.57 Å². The minimum atomic E-state index is 1.13. The summed E-state index contributed by atoms with van der Waals surface area (Å²) in [6.45, 7) is 1.13. The maximum absolute atomic E-state index is 3.13. The third-order valence-electron chi connectivity index (χ3n) is 4.01. The molecule has 93 valence electrons. The number of anilines is 1. The molecular formula is C17H15N2. The summed E-state index contributed by atoms with van der Waals surface area (Å²) in [6, 6.07) is 18.2. The second-order valence-corrected chi connectivity index (χ2v) is 5.16. The molecule has 1 aliphatic rings. The first-order chi connectivity index (χ1) is 9.33. The average Bonchev–Trinajstić information content (AvgIpc) is 3.03. The number of benzene rings is 2. The van der Waals surface area contributed by atoms with Crippen molar-refractivity contribution >= 4 is 16.6 Å². The van der Waals surface area contributed by atoms with Crippen molar-refractivity contribution in [3.63, 3.8) is 0 Å². The lowest BCUT2D eigenvalue weighted by Crippen LogP contribution is -2.12. The van der Waals surface area contributed by atoms with Gasteiger partial charge in [0.05, 0.1) is 5.52 Å². The maximum atomic E-state index is 3.13. The van der Waals surface area contributed by atoms with Crippen LogP contribution in [0.4, 0.5) is 5.69 Å². The third kappa shape index (κ3) is 1.56. The topological polar surface area (TPSA) is 8.17 Å². The number of hydrogen-bond donors (Lipinski definition) is 0. The Kier molecular flexibility index (Phi) is 2.18. The van der Waals surface area contributed by atoms with Crippen LogP contribution in [0.2, 0.25) is 0 Å². The molecule has 4 rings (SSSR count). The lowest BCUT2D eigenvalue weighted by molar-refractivity contribution is 0.956. The Bertz CT molecular complexity index is 755. The molecule has 3 aromatic rings. The number of fused-ring (bicyclic) bond motifs is 2. The summed E-state index contributed by atoms with van der Waals surface area (Å²) in [5, 5.41) is 1.23. The summed E-state index contributed by atoms with van der Waals surface area (Å²) >= 11 is 0. The van der Waals surface area contributed by atoms with Crippen LogP contribution in [-0.2, 0) is 6.42 Å². The highest BCUT2D eigenvalue weighted by Crippen LogP contribution is 2.30. The number of aromatic nitrogens is 1. The molecule has 1 aromatic heterocycles. The van der Waals surface area contributed by atoms with Crippen molar-refractivity contribution in [2.45, 2.75) is 6.42 Å². The molecule has 2 heteroatoms. The Morgan fingerprint density at radius 1 is 1.16 bits per heavy atom. The van der Waals surface area contributed by atoms with Crippen LogP contribution in [0.5, 0.6) is 0 Å². The standard InChI is InChI=1S/C17H15N2/c1-18-10-8-14-6-7-15(12-17(14)18)19-11-9-13-4-2-3-5-16(13)19/h3-7,9,11-12H,8,10H2,1H3. The van der Waals surface area contributed by atoms with E-state index in [1.165, 1.54) is 27.8 Å². The van der Waals surface area contributed by atoms with Gasteiger partial charge in [-0.1, -0.05) is 12.1 Å².